The largest absolute Gasteiger partial charge is 0.324 e. The van der Waals surface area contributed by atoms with Gasteiger partial charge in [-0.1, -0.05) is 23.3 Å². The Balaban J connectivity index is 2.07. The van der Waals surface area contributed by atoms with Gasteiger partial charge in [0, 0.05) is 18.3 Å². The molecule has 0 saturated heterocycles. The molecule has 0 saturated carbocycles. The molecule has 94 valence electrons. The Bertz CT molecular complexity index is 549. The van der Waals surface area contributed by atoms with E-state index < -0.39 is 0 Å². The van der Waals surface area contributed by atoms with Crippen molar-refractivity contribution in [1.29, 1.82) is 0 Å². The van der Waals surface area contributed by atoms with E-state index in [0.29, 0.717) is 5.95 Å². The first-order valence-corrected chi connectivity index (χ1v) is 6.12. The van der Waals surface area contributed by atoms with Gasteiger partial charge in [-0.05, 0) is 29.7 Å². The van der Waals surface area contributed by atoms with Gasteiger partial charge in [-0.25, -0.2) is 0 Å². The fourth-order valence-electron chi connectivity index (χ4n) is 2.38. The lowest BCUT2D eigenvalue weighted by Crippen LogP contribution is -2.19. The molecule has 2 aromatic rings. The molecule has 2 N–H and O–H groups in total. The molecular weight excluding hydrogens is 228 g/mol. The predicted octanol–water partition coefficient (Wildman–Crippen LogP) is 1.14. The molecule has 18 heavy (non-hydrogen) atoms. The summed E-state index contributed by atoms with van der Waals surface area (Å²) in [5, 5.41) is 12.3. The van der Waals surface area contributed by atoms with E-state index in [1.165, 1.54) is 4.80 Å². The third-order valence-corrected chi connectivity index (χ3v) is 3.26. The van der Waals surface area contributed by atoms with Gasteiger partial charge in [0.05, 0.1) is 7.05 Å². The Morgan fingerprint density at radius 3 is 2.94 bits per heavy atom. The molecule has 0 amide bonds. The normalized spacial score (nSPS) is 19.4. The molecule has 0 bridgehead atoms. The van der Waals surface area contributed by atoms with E-state index in [1.54, 1.807) is 7.05 Å². The van der Waals surface area contributed by atoms with Crippen molar-refractivity contribution >= 4 is 11.6 Å². The molecule has 2 heterocycles. The molecule has 1 aromatic carbocycles. The fraction of sp³-hybridized carbons (Fsp3) is 0.417. The predicted molar refractivity (Wildman–Crippen MR) is 68.4 cm³/mol. The van der Waals surface area contributed by atoms with Crippen molar-refractivity contribution in [2.24, 2.45) is 12.8 Å². The summed E-state index contributed by atoms with van der Waals surface area (Å²) in [5.41, 5.74) is 8.45. The van der Waals surface area contributed by atoms with E-state index in [4.69, 9.17) is 5.73 Å². The van der Waals surface area contributed by atoms with Crippen LogP contribution in [0.3, 0.4) is 0 Å². The number of fused-ring (bicyclic) bond motifs is 1. The van der Waals surface area contributed by atoms with E-state index in [1.807, 2.05) is 12.1 Å². The molecule has 1 aromatic heterocycles. The second-order valence-corrected chi connectivity index (χ2v) is 4.54. The Kier molecular flexibility index (Phi) is 2.71. The highest BCUT2D eigenvalue weighted by Gasteiger charge is 2.23. The zero-order valence-electron chi connectivity index (χ0n) is 10.3. The number of benzene rings is 1. The summed E-state index contributed by atoms with van der Waals surface area (Å²) in [4.78, 5) is 3.57. The number of aromatic nitrogens is 4. The highest BCUT2D eigenvalue weighted by molar-refractivity contribution is 5.62. The van der Waals surface area contributed by atoms with E-state index >= 15 is 0 Å². The minimum absolute atomic E-state index is 0.0860. The van der Waals surface area contributed by atoms with Crippen LogP contribution in [0.15, 0.2) is 24.3 Å². The highest BCUT2D eigenvalue weighted by Crippen LogP contribution is 2.34. The summed E-state index contributed by atoms with van der Waals surface area (Å²) in [5.74, 6) is 0.638. The molecule has 1 atom stereocenters. The SMILES string of the molecule is Cn1nnc(N2CCCC(N)c3ccccc32)n1. The number of nitrogens with two attached hydrogens (primary N) is 1. The van der Waals surface area contributed by atoms with Crippen LogP contribution < -0.4 is 10.6 Å². The minimum Gasteiger partial charge on any atom is -0.324 e. The van der Waals surface area contributed by atoms with Crippen LogP contribution in [0.4, 0.5) is 11.6 Å². The lowest BCUT2D eigenvalue weighted by molar-refractivity contribution is 0.627. The van der Waals surface area contributed by atoms with Crippen molar-refractivity contribution in [1.82, 2.24) is 20.2 Å². The molecule has 1 aliphatic heterocycles. The van der Waals surface area contributed by atoms with Gasteiger partial charge in [-0.3, -0.25) is 0 Å². The Morgan fingerprint density at radius 1 is 1.33 bits per heavy atom. The van der Waals surface area contributed by atoms with Crippen LogP contribution in [0, 0.1) is 0 Å². The average molecular weight is 244 g/mol. The molecule has 6 nitrogen and oxygen atoms in total. The van der Waals surface area contributed by atoms with Crippen LogP contribution in [-0.4, -0.2) is 26.8 Å². The molecule has 3 rings (SSSR count). The van der Waals surface area contributed by atoms with Crippen LogP contribution in [-0.2, 0) is 7.05 Å². The van der Waals surface area contributed by atoms with E-state index in [2.05, 4.69) is 32.4 Å². The molecule has 6 heteroatoms. The second kappa shape index (κ2) is 4.38. The number of tetrazole rings is 1. The van der Waals surface area contributed by atoms with Crippen LogP contribution in [0.25, 0.3) is 0 Å². The lowest BCUT2D eigenvalue weighted by Gasteiger charge is -2.21. The topological polar surface area (TPSA) is 72.9 Å². The number of aryl methyl sites for hydroxylation is 1. The molecule has 0 spiro atoms. The summed E-state index contributed by atoms with van der Waals surface area (Å²) in [7, 11) is 1.77. The molecule has 1 unspecified atom stereocenters. The maximum Gasteiger partial charge on any atom is 0.270 e. The average Bonchev–Trinajstić information content (AvgIpc) is 2.73. The number of rotatable bonds is 1. The van der Waals surface area contributed by atoms with Crippen molar-refractivity contribution in [3.05, 3.63) is 29.8 Å². The van der Waals surface area contributed by atoms with Gasteiger partial charge in [0.15, 0.2) is 0 Å². The third kappa shape index (κ3) is 1.84. The standard InChI is InChI=1S/C12H16N6/c1-17-15-12(14-16-17)18-8-4-6-10(13)9-5-2-3-7-11(9)18/h2-3,5,7,10H,4,6,8,13H2,1H3. The van der Waals surface area contributed by atoms with Crippen LogP contribution >= 0.6 is 0 Å². The van der Waals surface area contributed by atoms with Crippen molar-refractivity contribution in [3.63, 3.8) is 0 Å². The summed E-state index contributed by atoms with van der Waals surface area (Å²) in [6, 6.07) is 8.26. The van der Waals surface area contributed by atoms with Crippen molar-refractivity contribution < 1.29 is 0 Å². The zero-order chi connectivity index (χ0) is 12.5. The van der Waals surface area contributed by atoms with Crippen LogP contribution in [0.5, 0.6) is 0 Å². The maximum atomic E-state index is 6.20. The number of hydrogen-bond donors (Lipinski definition) is 1. The summed E-state index contributed by atoms with van der Waals surface area (Å²) in [6.07, 6.45) is 2.00. The molecule has 1 aliphatic rings. The first kappa shape index (κ1) is 11.2. The lowest BCUT2D eigenvalue weighted by atomic mass is 10.0. The third-order valence-electron chi connectivity index (χ3n) is 3.26. The van der Waals surface area contributed by atoms with Crippen LogP contribution in [0.1, 0.15) is 24.4 Å². The first-order valence-electron chi connectivity index (χ1n) is 6.12. The van der Waals surface area contributed by atoms with Crippen molar-refractivity contribution in [2.45, 2.75) is 18.9 Å². The van der Waals surface area contributed by atoms with Gasteiger partial charge in [0.25, 0.3) is 5.95 Å². The van der Waals surface area contributed by atoms with Gasteiger partial charge in [-0.2, -0.15) is 4.80 Å². The highest BCUT2D eigenvalue weighted by atomic mass is 15.6. The zero-order valence-corrected chi connectivity index (χ0v) is 10.3. The van der Waals surface area contributed by atoms with Gasteiger partial charge in [0.2, 0.25) is 0 Å². The first-order chi connectivity index (χ1) is 8.75. The van der Waals surface area contributed by atoms with Crippen molar-refractivity contribution in [3.8, 4) is 0 Å². The van der Waals surface area contributed by atoms with Crippen molar-refractivity contribution in [2.75, 3.05) is 11.4 Å². The number of anilines is 2. The van der Waals surface area contributed by atoms with Gasteiger partial charge in [-0.15, -0.1) is 5.10 Å². The molecule has 0 aliphatic carbocycles. The van der Waals surface area contributed by atoms with E-state index in [0.717, 1.165) is 30.6 Å². The monoisotopic (exact) mass is 244 g/mol. The van der Waals surface area contributed by atoms with E-state index in [9.17, 15) is 0 Å². The summed E-state index contributed by atoms with van der Waals surface area (Å²) < 4.78 is 0. The van der Waals surface area contributed by atoms with E-state index in [-0.39, 0.29) is 6.04 Å². The Labute approximate surface area is 105 Å². The molecular formula is C12H16N6. The molecule has 0 fully saturated rings. The Morgan fingerprint density at radius 2 is 2.17 bits per heavy atom. The smallest absolute Gasteiger partial charge is 0.270 e. The molecule has 0 radical (unpaired) electrons. The van der Waals surface area contributed by atoms with Crippen LogP contribution in [0.2, 0.25) is 0 Å². The number of para-hydroxylation sites is 1. The van der Waals surface area contributed by atoms with Gasteiger partial charge < -0.3 is 10.6 Å². The summed E-state index contributed by atoms with van der Waals surface area (Å²) >= 11 is 0. The second-order valence-electron chi connectivity index (χ2n) is 4.54. The summed E-state index contributed by atoms with van der Waals surface area (Å²) in [6.45, 7) is 0.871. The van der Waals surface area contributed by atoms with Gasteiger partial charge in [0.1, 0.15) is 0 Å². The fourth-order valence-corrected chi connectivity index (χ4v) is 2.38. The maximum absolute atomic E-state index is 6.20. The minimum atomic E-state index is 0.0860. The number of nitrogens with zero attached hydrogens (tertiary/aromatic N) is 5. The van der Waals surface area contributed by atoms with Gasteiger partial charge >= 0.3 is 0 Å². The quantitative estimate of drug-likeness (QED) is 0.814. The Hall–Kier alpha value is -1.95. The number of hydrogen-bond acceptors (Lipinski definition) is 5.